The van der Waals surface area contributed by atoms with Crippen molar-refractivity contribution >= 4 is 18.0 Å². The molecular formula is C9H17N3O5. The molecule has 0 saturated carbocycles. The van der Waals surface area contributed by atoms with E-state index in [-0.39, 0.29) is 0 Å². The van der Waals surface area contributed by atoms with Gasteiger partial charge in [-0.1, -0.05) is 0 Å². The molecule has 8 heteroatoms. The minimum atomic E-state index is -1.42. The van der Waals surface area contributed by atoms with Crippen molar-refractivity contribution in [2.24, 2.45) is 0 Å². The second kappa shape index (κ2) is 8.34. The van der Waals surface area contributed by atoms with Gasteiger partial charge in [0.15, 0.2) is 0 Å². The summed E-state index contributed by atoms with van der Waals surface area (Å²) in [6.45, 7) is 1.10. The molecule has 0 aliphatic rings. The molecule has 0 fully saturated rings. The monoisotopic (exact) mass is 247 g/mol. The van der Waals surface area contributed by atoms with Crippen LogP contribution in [0.15, 0.2) is 0 Å². The Kier molecular flexibility index (Phi) is 7.44. The van der Waals surface area contributed by atoms with Gasteiger partial charge >= 0.3 is 18.0 Å². The summed E-state index contributed by atoms with van der Waals surface area (Å²) in [6, 6.07) is -2.11. The van der Waals surface area contributed by atoms with E-state index in [0.29, 0.717) is 13.0 Å². The van der Waals surface area contributed by atoms with E-state index in [1.165, 1.54) is 0 Å². The van der Waals surface area contributed by atoms with Gasteiger partial charge in [0, 0.05) is 6.54 Å². The fourth-order valence-corrected chi connectivity index (χ4v) is 1.05. The van der Waals surface area contributed by atoms with Crippen molar-refractivity contribution in [3.05, 3.63) is 0 Å². The predicted octanol–water partition coefficient (Wildman–Crippen LogP) is -1.18. The van der Waals surface area contributed by atoms with Gasteiger partial charge in [0.05, 0.1) is 6.42 Å². The number of carboxylic acids is 2. The van der Waals surface area contributed by atoms with Crippen molar-refractivity contribution in [2.45, 2.75) is 18.9 Å². The highest BCUT2D eigenvalue weighted by atomic mass is 16.4. The molecule has 0 aliphatic heterocycles. The standard InChI is InChI=1S/C9H17N3O5/c1-10-3-2-4-11-9(17)12-6(8(15)16)5-7(13)14/h6,10H,2-5H2,1H3,(H,13,14)(H,15,16)(H2,11,12,17)/t6-/m0/s1. The summed E-state index contributed by atoms with van der Waals surface area (Å²) in [5.41, 5.74) is 0. The summed E-state index contributed by atoms with van der Waals surface area (Å²) in [4.78, 5) is 32.2. The van der Waals surface area contributed by atoms with Gasteiger partial charge in [0.2, 0.25) is 0 Å². The van der Waals surface area contributed by atoms with E-state index in [2.05, 4.69) is 16.0 Å². The van der Waals surface area contributed by atoms with Gasteiger partial charge < -0.3 is 26.2 Å². The van der Waals surface area contributed by atoms with Gasteiger partial charge in [-0.2, -0.15) is 0 Å². The molecule has 0 bridgehead atoms. The number of carbonyl (C=O) groups excluding carboxylic acids is 1. The van der Waals surface area contributed by atoms with Crippen LogP contribution in [0.4, 0.5) is 4.79 Å². The molecule has 0 heterocycles. The summed E-state index contributed by atoms with van der Waals surface area (Å²) in [6.07, 6.45) is 0.0415. The van der Waals surface area contributed by atoms with E-state index < -0.39 is 30.4 Å². The van der Waals surface area contributed by atoms with Crippen molar-refractivity contribution in [3.63, 3.8) is 0 Å². The van der Waals surface area contributed by atoms with E-state index >= 15 is 0 Å². The quantitative estimate of drug-likeness (QED) is 0.344. The van der Waals surface area contributed by atoms with E-state index in [1.807, 2.05) is 0 Å². The Bertz CT molecular complexity index is 282. The van der Waals surface area contributed by atoms with Gasteiger partial charge in [0.1, 0.15) is 6.04 Å². The lowest BCUT2D eigenvalue weighted by Crippen LogP contribution is -2.47. The summed E-state index contributed by atoms with van der Waals surface area (Å²) in [5.74, 6) is -2.66. The van der Waals surface area contributed by atoms with Crippen LogP contribution in [0.25, 0.3) is 0 Å². The molecule has 0 aromatic carbocycles. The average Bonchev–Trinajstić information content (AvgIpc) is 2.22. The van der Waals surface area contributed by atoms with Crippen molar-refractivity contribution in [1.82, 2.24) is 16.0 Å². The highest BCUT2D eigenvalue weighted by molar-refractivity contribution is 5.86. The number of carboxylic acid groups (broad SMARTS) is 2. The first kappa shape index (κ1) is 15.2. The van der Waals surface area contributed by atoms with Crippen LogP contribution in [0.5, 0.6) is 0 Å². The molecule has 0 rings (SSSR count). The lowest BCUT2D eigenvalue weighted by molar-refractivity contribution is -0.145. The van der Waals surface area contributed by atoms with Gasteiger partial charge in [-0.3, -0.25) is 4.79 Å². The molecule has 0 aromatic rings. The molecule has 17 heavy (non-hydrogen) atoms. The number of carbonyl (C=O) groups is 3. The number of hydrogen-bond donors (Lipinski definition) is 5. The number of rotatable bonds is 8. The Morgan fingerprint density at radius 3 is 2.29 bits per heavy atom. The zero-order chi connectivity index (χ0) is 13.3. The maximum Gasteiger partial charge on any atom is 0.326 e. The first-order chi connectivity index (χ1) is 7.97. The topological polar surface area (TPSA) is 128 Å². The van der Waals surface area contributed by atoms with Gasteiger partial charge in [-0.25, -0.2) is 9.59 Å². The lowest BCUT2D eigenvalue weighted by Gasteiger charge is -2.13. The lowest BCUT2D eigenvalue weighted by atomic mass is 10.2. The number of urea groups is 1. The van der Waals surface area contributed by atoms with Crippen molar-refractivity contribution < 1.29 is 24.6 Å². The molecule has 5 N–H and O–H groups in total. The van der Waals surface area contributed by atoms with Crippen LogP contribution >= 0.6 is 0 Å². The van der Waals surface area contributed by atoms with Crippen molar-refractivity contribution in [1.29, 1.82) is 0 Å². The zero-order valence-electron chi connectivity index (χ0n) is 9.52. The van der Waals surface area contributed by atoms with Crippen LogP contribution in [-0.4, -0.2) is 54.4 Å². The number of amides is 2. The number of nitrogens with one attached hydrogen (secondary N) is 3. The molecule has 0 unspecified atom stereocenters. The first-order valence-electron chi connectivity index (χ1n) is 5.11. The Labute approximate surface area is 98.4 Å². The number of hydrogen-bond acceptors (Lipinski definition) is 4. The molecule has 0 aromatic heterocycles. The van der Waals surface area contributed by atoms with Crippen LogP contribution < -0.4 is 16.0 Å². The average molecular weight is 247 g/mol. The molecule has 0 spiro atoms. The summed E-state index contributed by atoms with van der Waals surface area (Å²) < 4.78 is 0. The molecule has 0 aliphatic carbocycles. The SMILES string of the molecule is CNCCCNC(=O)N[C@@H](CC(=O)O)C(=O)O. The van der Waals surface area contributed by atoms with Crippen LogP contribution in [0.1, 0.15) is 12.8 Å². The third-order valence-corrected chi connectivity index (χ3v) is 1.87. The third-order valence-electron chi connectivity index (χ3n) is 1.87. The van der Waals surface area contributed by atoms with Gasteiger partial charge in [-0.05, 0) is 20.0 Å². The highest BCUT2D eigenvalue weighted by Gasteiger charge is 2.22. The molecule has 8 nitrogen and oxygen atoms in total. The Morgan fingerprint density at radius 2 is 1.82 bits per heavy atom. The normalized spacial score (nSPS) is 11.6. The van der Waals surface area contributed by atoms with Crippen molar-refractivity contribution in [2.75, 3.05) is 20.1 Å². The Morgan fingerprint density at radius 1 is 1.18 bits per heavy atom. The molecule has 2 amide bonds. The molecule has 1 atom stereocenters. The maximum absolute atomic E-state index is 11.2. The van der Waals surface area contributed by atoms with Crippen LogP contribution in [0.2, 0.25) is 0 Å². The summed E-state index contributed by atoms with van der Waals surface area (Å²) in [7, 11) is 1.77. The first-order valence-corrected chi connectivity index (χ1v) is 5.11. The second-order valence-corrected chi connectivity index (χ2v) is 3.35. The van der Waals surface area contributed by atoms with Crippen LogP contribution in [0.3, 0.4) is 0 Å². The van der Waals surface area contributed by atoms with E-state index in [1.54, 1.807) is 7.05 Å². The fourth-order valence-electron chi connectivity index (χ4n) is 1.05. The smallest absolute Gasteiger partial charge is 0.326 e. The minimum absolute atomic E-state index is 0.381. The van der Waals surface area contributed by atoms with E-state index in [4.69, 9.17) is 10.2 Å². The fraction of sp³-hybridized carbons (Fsp3) is 0.667. The molecule has 0 radical (unpaired) electrons. The Hall–Kier alpha value is -1.83. The number of aliphatic carboxylic acids is 2. The predicted molar refractivity (Wildman–Crippen MR) is 58.8 cm³/mol. The van der Waals surface area contributed by atoms with Gasteiger partial charge in [0.25, 0.3) is 0 Å². The largest absolute Gasteiger partial charge is 0.481 e. The molecule has 0 saturated heterocycles. The van der Waals surface area contributed by atoms with Gasteiger partial charge in [-0.15, -0.1) is 0 Å². The second-order valence-electron chi connectivity index (χ2n) is 3.35. The highest BCUT2D eigenvalue weighted by Crippen LogP contribution is 1.92. The molecular weight excluding hydrogens is 230 g/mol. The van der Waals surface area contributed by atoms with Crippen molar-refractivity contribution in [3.8, 4) is 0 Å². The van der Waals surface area contributed by atoms with E-state index in [9.17, 15) is 14.4 Å². The minimum Gasteiger partial charge on any atom is -0.481 e. The summed E-state index contributed by atoms with van der Waals surface area (Å²) >= 11 is 0. The van der Waals surface area contributed by atoms with E-state index in [0.717, 1.165) is 6.54 Å². The zero-order valence-corrected chi connectivity index (χ0v) is 9.52. The maximum atomic E-state index is 11.2. The molecule has 98 valence electrons. The van der Waals surface area contributed by atoms with Crippen LogP contribution in [0, 0.1) is 0 Å². The van der Waals surface area contributed by atoms with Crippen LogP contribution in [-0.2, 0) is 9.59 Å². The third kappa shape index (κ3) is 8.03. The Balaban J connectivity index is 3.96. The summed E-state index contributed by atoms with van der Waals surface area (Å²) in [5, 5.41) is 24.5.